The number of benzene rings is 2. The summed E-state index contributed by atoms with van der Waals surface area (Å²) in [5.74, 6) is -1.66. The molecule has 0 aromatic heterocycles. The van der Waals surface area contributed by atoms with Gasteiger partial charge in [-0.15, -0.1) is 0 Å². The van der Waals surface area contributed by atoms with Crippen LogP contribution in [0.3, 0.4) is 0 Å². The summed E-state index contributed by atoms with van der Waals surface area (Å²) in [6.45, 7) is 1.79. The van der Waals surface area contributed by atoms with E-state index in [2.05, 4.69) is 0 Å². The van der Waals surface area contributed by atoms with Crippen molar-refractivity contribution in [1.82, 2.24) is 0 Å². The van der Waals surface area contributed by atoms with Crippen LogP contribution in [-0.2, 0) is 14.8 Å². The van der Waals surface area contributed by atoms with E-state index in [9.17, 15) is 23.4 Å². The molecule has 0 bridgehead atoms. The average Bonchev–Trinajstić information content (AvgIpc) is 2.73. The molecule has 7 heteroatoms. The molecule has 0 unspecified atom stereocenters. The highest BCUT2D eigenvalue weighted by atomic mass is 32.2. The summed E-state index contributed by atoms with van der Waals surface area (Å²) in [5, 5.41) is 19.6. The maximum absolute atomic E-state index is 13.1. The predicted octanol–water partition coefficient (Wildman–Crippen LogP) is 2.95. The maximum atomic E-state index is 13.1. The van der Waals surface area contributed by atoms with Crippen LogP contribution in [0, 0.1) is 6.92 Å². The number of fused-ring (bicyclic) bond motifs is 1. The Labute approximate surface area is 145 Å². The molecule has 0 atom stereocenters. The Morgan fingerprint density at radius 2 is 1.72 bits per heavy atom. The topological polar surface area (TPSA) is 94.9 Å². The van der Waals surface area contributed by atoms with Crippen molar-refractivity contribution in [2.75, 3.05) is 10.8 Å². The van der Waals surface area contributed by atoms with Crippen molar-refractivity contribution in [1.29, 1.82) is 0 Å². The van der Waals surface area contributed by atoms with Gasteiger partial charge in [0.05, 0.1) is 16.2 Å². The molecule has 0 saturated heterocycles. The Kier molecular flexibility index (Phi) is 4.26. The van der Waals surface area contributed by atoms with E-state index >= 15 is 0 Å². The van der Waals surface area contributed by atoms with Crippen molar-refractivity contribution >= 4 is 27.4 Å². The third kappa shape index (κ3) is 2.98. The molecule has 2 N–H and O–H groups in total. The summed E-state index contributed by atoms with van der Waals surface area (Å²) in [6, 6.07) is 12.8. The van der Waals surface area contributed by atoms with Gasteiger partial charge < -0.3 is 10.2 Å². The third-order valence-corrected chi connectivity index (χ3v) is 5.97. The normalized spacial score (nSPS) is 14.8. The quantitative estimate of drug-likeness (QED) is 0.878. The number of aryl methyl sites for hydroxylation is 1. The lowest BCUT2D eigenvalue weighted by atomic mass is 10.1. The van der Waals surface area contributed by atoms with Gasteiger partial charge in [0.15, 0.2) is 0 Å². The zero-order chi connectivity index (χ0) is 18.2. The van der Waals surface area contributed by atoms with Crippen LogP contribution in [0.2, 0.25) is 0 Å². The van der Waals surface area contributed by atoms with Crippen molar-refractivity contribution in [3.8, 4) is 0 Å². The first-order valence-corrected chi connectivity index (χ1v) is 9.10. The number of carbonyl (C=O) groups is 1. The Hall–Kier alpha value is -2.80. The van der Waals surface area contributed by atoms with Crippen LogP contribution in [-0.4, -0.2) is 31.1 Å². The average molecular weight is 359 g/mol. The molecule has 1 aliphatic heterocycles. The molecule has 130 valence electrons. The van der Waals surface area contributed by atoms with Gasteiger partial charge in [-0.2, -0.15) is 0 Å². The van der Waals surface area contributed by atoms with E-state index in [1.165, 1.54) is 18.2 Å². The summed E-state index contributed by atoms with van der Waals surface area (Å²) in [7, 11) is -3.89. The molecule has 0 fully saturated rings. The predicted molar refractivity (Wildman–Crippen MR) is 94.0 cm³/mol. The van der Waals surface area contributed by atoms with Crippen LogP contribution < -0.4 is 4.31 Å². The molecule has 0 saturated carbocycles. The van der Waals surface area contributed by atoms with Crippen molar-refractivity contribution in [3.63, 3.8) is 0 Å². The molecule has 1 aliphatic rings. The number of rotatable bonds is 3. The second kappa shape index (κ2) is 6.25. The highest BCUT2D eigenvalue weighted by molar-refractivity contribution is 7.92. The van der Waals surface area contributed by atoms with Crippen LogP contribution in [0.4, 0.5) is 5.69 Å². The fraction of sp³-hybridized carbons (Fsp3) is 0.167. The van der Waals surface area contributed by atoms with Gasteiger partial charge in [-0.1, -0.05) is 29.8 Å². The molecular weight excluding hydrogens is 342 g/mol. The number of aliphatic carboxylic acids is 1. The lowest BCUT2D eigenvalue weighted by Crippen LogP contribution is -2.32. The monoisotopic (exact) mass is 359 g/mol. The van der Waals surface area contributed by atoms with Gasteiger partial charge in [0.2, 0.25) is 0 Å². The zero-order valence-corrected chi connectivity index (χ0v) is 14.3. The van der Waals surface area contributed by atoms with E-state index in [0.717, 1.165) is 9.87 Å². The Morgan fingerprint density at radius 1 is 1.08 bits per heavy atom. The lowest BCUT2D eigenvalue weighted by molar-refractivity contribution is -0.132. The number of hydrogen-bond acceptors (Lipinski definition) is 4. The Balaban J connectivity index is 2.15. The van der Waals surface area contributed by atoms with Gasteiger partial charge in [0, 0.05) is 18.5 Å². The number of sulfonamides is 1. The summed E-state index contributed by atoms with van der Waals surface area (Å²) < 4.78 is 27.3. The van der Waals surface area contributed by atoms with E-state index < -0.39 is 21.8 Å². The number of aliphatic hydroxyl groups excluding tert-OH is 1. The van der Waals surface area contributed by atoms with Gasteiger partial charge in [0.25, 0.3) is 10.0 Å². The van der Waals surface area contributed by atoms with E-state index in [0.29, 0.717) is 0 Å². The minimum absolute atomic E-state index is 0.0705. The summed E-state index contributed by atoms with van der Waals surface area (Å²) in [6.07, 6.45) is -0.0963. The van der Waals surface area contributed by atoms with Crippen molar-refractivity contribution in [2.45, 2.75) is 18.2 Å². The van der Waals surface area contributed by atoms with E-state index in [-0.39, 0.29) is 34.7 Å². The van der Waals surface area contributed by atoms with Crippen molar-refractivity contribution in [2.24, 2.45) is 0 Å². The largest absolute Gasteiger partial charge is 0.507 e. The van der Waals surface area contributed by atoms with Gasteiger partial charge in [-0.25, -0.2) is 13.2 Å². The number of aliphatic hydroxyl groups is 1. The molecule has 1 heterocycles. The molecule has 2 aromatic rings. The first kappa shape index (κ1) is 17.0. The standard InChI is InChI=1S/C18H17NO5S/c1-12-6-8-13(9-7-12)25(23,24)19-11-10-15(18(21)22)17(20)14-4-2-3-5-16(14)19/h2-9,20H,10-11H2,1H3,(H,21,22). The first-order chi connectivity index (χ1) is 11.8. The van der Waals surface area contributed by atoms with E-state index in [1.54, 1.807) is 30.3 Å². The molecule has 2 aromatic carbocycles. The first-order valence-electron chi connectivity index (χ1n) is 7.66. The van der Waals surface area contributed by atoms with Crippen LogP contribution in [0.1, 0.15) is 17.5 Å². The van der Waals surface area contributed by atoms with Gasteiger partial charge >= 0.3 is 5.97 Å². The molecule has 3 rings (SSSR count). The highest BCUT2D eigenvalue weighted by Gasteiger charge is 2.32. The van der Waals surface area contributed by atoms with Crippen molar-refractivity contribution < 1.29 is 23.4 Å². The lowest BCUT2D eigenvalue weighted by Gasteiger charge is -2.24. The van der Waals surface area contributed by atoms with Gasteiger partial charge in [-0.05, 0) is 31.2 Å². The second-order valence-electron chi connectivity index (χ2n) is 5.79. The van der Waals surface area contributed by atoms with Crippen LogP contribution in [0.5, 0.6) is 0 Å². The SMILES string of the molecule is Cc1ccc(S(=O)(=O)N2CCC(C(=O)O)=C(O)c3ccccc32)cc1. The minimum Gasteiger partial charge on any atom is -0.507 e. The Morgan fingerprint density at radius 3 is 2.36 bits per heavy atom. The fourth-order valence-electron chi connectivity index (χ4n) is 2.80. The minimum atomic E-state index is -3.89. The number of para-hydroxylation sites is 1. The summed E-state index contributed by atoms with van der Waals surface area (Å²) >= 11 is 0. The molecule has 25 heavy (non-hydrogen) atoms. The number of anilines is 1. The number of carboxylic acid groups (broad SMARTS) is 1. The smallest absolute Gasteiger partial charge is 0.335 e. The molecule has 6 nitrogen and oxygen atoms in total. The molecule has 0 radical (unpaired) electrons. The molecule has 0 amide bonds. The number of hydrogen-bond donors (Lipinski definition) is 2. The van der Waals surface area contributed by atoms with E-state index in [4.69, 9.17) is 0 Å². The molecule has 0 aliphatic carbocycles. The maximum Gasteiger partial charge on any atom is 0.335 e. The van der Waals surface area contributed by atoms with Gasteiger partial charge in [-0.3, -0.25) is 4.31 Å². The second-order valence-corrected chi connectivity index (χ2v) is 7.65. The number of nitrogens with zero attached hydrogens (tertiary/aromatic N) is 1. The van der Waals surface area contributed by atoms with E-state index in [1.807, 2.05) is 6.92 Å². The van der Waals surface area contributed by atoms with Crippen LogP contribution >= 0.6 is 0 Å². The van der Waals surface area contributed by atoms with Crippen molar-refractivity contribution in [3.05, 3.63) is 65.2 Å². The molecule has 0 spiro atoms. The number of carboxylic acids is 1. The Bertz CT molecular complexity index is 961. The van der Waals surface area contributed by atoms with Gasteiger partial charge in [0.1, 0.15) is 5.76 Å². The summed E-state index contributed by atoms with van der Waals surface area (Å²) in [4.78, 5) is 11.5. The third-order valence-electron chi connectivity index (χ3n) is 4.15. The molecular formula is C18H17NO5S. The highest BCUT2D eigenvalue weighted by Crippen LogP contribution is 2.35. The van der Waals surface area contributed by atoms with Crippen LogP contribution in [0.25, 0.3) is 5.76 Å². The van der Waals surface area contributed by atoms with Crippen LogP contribution in [0.15, 0.2) is 59.0 Å². The fourth-order valence-corrected chi connectivity index (χ4v) is 4.29. The summed E-state index contributed by atoms with van der Waals surface area (Å²) in [5.41, 5.74) is 1.18. The zero-order valence-electron chi connectivity index (χ0n) is 13.5.